The van der Waals surface area contributed by atoms with E-state index in [2.05, 4.69) is 20.7 Å². The number of hydrogen-bond donors (Lipinski definition) is 2. The molecular weight excluding hydrogens is 344 g/mol. The predicted molar refractivity (Wildman–Crippen MR) is 81.3 cm³/mol. The number of nitrogens with one attached hydrogen (secondary N) is 1. The predicted octanol–water partition coefficient (Wildman–Crippen LogP) is 2.73. The lowest BCUT2D eigenvalue weighted by Crippen LogP contribution is -2.19. The van der Waals surface area contributed by atoms with E-state index in [0.29, 0.717) is 11.5 Å². The number of halogens is 1. The van der Waals surface area contributed by atoms with E-state index in [9.17, 15) is 8.42 Å². The first-order valence-corrected chi connectivity index (χ1v) is 7.96. The van der Waals surface area contributed by atoms with E-state index in [1.807, 2.05) is 12.1 Å². The van der Waals surface area contributed by atoms with Crippen molar-refractivity contribution in [2.45, 2.75) is 4.90 Å². The number of nitrogen functional groups attached to an aromatic ring is 1. The molecule has 0 aliphatic rings. The molecule has 7 heteroatoms. The van der Waals surface area contributed by atoms with Gasteiger partial charge >= 0.3 is 0 Å². The molecule has 0 spiro atoms. The van der Waals surface area contributed by atoms with Crippen LogP contribution in [0.15, 0.2) is 51.8 Å². The van der Waals surface area contributed by atoms with Gasteiger partial charge in [0, 0.05) is 10.5 Å². The quantitative estimate of drug-likeness (QED) is 0.825. The average Bonchev–Trinajstić information content (AvgIpc) is 2.41. The van der Waals surface area contributed by atoms with Crippen LogP contribution in [0.2, 0.25) is 0 Å². The fourth-order valence-corrected chi connectivity index (χ4v) is 2.68. The Balaban J connectivity index is 2.28. The van der Waals surface area contributed by atoms with E-state index in [4.69, 9.17) is 10.5 Å². The third kappa shape index (κ3) is 3.30. The molecule has 2 aromatic carbocycles. The lowest BCUT2D eigenvalue weighted by Gasteiger charge is -2.10. The maximum Gasteiger partial charge on any atom is 0.242 e. The van der Waals surface area contributed by atoms with Crippen LogP contribution in [0.5, 0.6) is 11.5 Å². The highest BCUT2D eigenvalue weighted by molar-refractivity contribution is 9.10. The molecule has 0 aromatic heterocycles. The summed E-state index contributed by atoms with van der Waals surface area (Å²) in [7, 11) is -2.23. The molecule has 0 unspecified atom stereocenters. The molecule has 0 aliphatic carbocycles. The lowest BCUT2D eigenvalue weighted by atomic mass is 10.3. The minimum Gasteiger partial charge on any atom is -0.457 e. The zero-order valence-corrected chi connectivity index (χ0v) is 13.0. The average molecular weight is 357 g/mol. The number of sulfonamides is 1. The highest BCUT2D eigenvalue weighted by Gasteiger charge is 2.15. The van der Waals surface area contributed by atoms with Crippen LogP contribution in [0.25, 0.3) is 0 Å². The van der Waals surface area contributed by atoms with E-state index < -0.39 is 10.0 Å². The van der Waals surface area contributed by atoms with Crippen molar-refractivity contribution in [1.82, 2.24) is 4.72 Å². The largest absolute Gasteiger partial charge is 0.457 e. The molecule has 0 saturated carbocycles. The van der Waals surface area contributed by atoms with Crippen molar-refractivity contribution in [3.8, 4) is 11.5 Å². The van der Waals surface area contributed by atoms with Gasteiger partial charge in [0.15, 0.2) is 0 Å². The Morgan fingerprint density at radius 1 is 1.10 bits per heavy atom. The topological polar surface area (TPSA) is 81.4 Å². The molecule has 0 radical (unpaired) electrons. The molecule has 0 bridgehead atoms. The minimum absolute atomic E-state index is 0.0307. The smallest absolute Gasteiger partial charge is 0.242 e. The molecule has 2 aromatic rings. The summed E-state index contributed by atoms with van der Waals surface area (Å²) in [4.78, 5) is 0.0307. The van der Waals surface area contributed by atoms with E-state index in [1.165, 1.54) is 19.2 Å². The highest BCUT2D eigenvalue weighted by Crippen LogP contribution is 2.28. The molecule has 0 saturated heterocycles. The zero-order chi connectivity index (χ0) is 14.8. The summed E-state index contributed by atoms with van der Waals surface area (Å²) in [6.45, 7) is 0. The first-order valence-electron chi connectivity index (χ1n) is 5.69. The molecule has 3 N–H and O–H groups in total. The van der Waals surface area contributed by atoms with Crippen LogP contribution in [0.3, 0.4) is 0 Å². The van der Waals surface area contributed by atoms with Crippen LogP contribution < -0.4 is 15.2 Å². The van der Waals surface area contributed by atoms with Crippen LogP contribution >= 0.6 is 15.9 Å². The van der Waals surface area contributed by atoms with Gasteiger partial charge in [-0.15, -0.1) is 0 Å². The number of hydrogen-bond acceptors (Lipinski definition) is 4. The Kier molecular flexibility index (Phi) is 4.32. The van der Waals surface area contributed by atoms with Gasteiger partial charge < -0.3 is 10.5 Å². The summed E-state index contributed by atoms with van der Waals surface area (Å²) in [6, 6.07) is 11.7. The van der Waals surface area contributed by atoms with Crippen LogP contribution in [0.4, 0.5) is 5.69 Å². The molecule has 20 heavy (non-hydrogen) atoms. The summed E-state index contributed by atoms with van der Waals surface area (Å²) in [5.41, 5.74) is 5.89. The van der Waals surface area contributed by atoms with Crippen molar-refractivity contribution in [3.63, 3.8) is 0 Å². The van der Waals surface area contributed by atoms with Crippen molar-refractivity contribution in [2.24, 2.45) is 0 Å². The first kappa shape index (κ1) is 14.8. The van der Waals surface area contributed by atoms with Gasteiger partial charge in [0.1, 0.15) is 16.4 Å². The summed E-state index contributed by atoms with van der Waals surface area (Å²) >= 11 is 3.33. The van der Waals surface area contributed by atoms with Gasteiger partial charge in [0.25, 0.3) is 0 Å². The van der Waals surface area contributed by atoms with E-state index >= 15 is 0 Å². The fraction of sp³-hybridized carbons (Fsp3) is 0.0769. The second-order valence-corrected chi connectivity index (χ2v) is 6.73. The summed E-state index contributed by atoms with van der Waals surface area (Å²) in [5.74, 6) is 1.11. The van der Waals surface area contributed by atoms with E-state index in [-0.39, 0.29) is 10.6 Å². The van der Waals surface area contributed by atoms with Crippen molar-refractivity contribution in [1.29, 1.82) is 0 Å². The maximum atomic E-state index is 11.7. The van der Waals surface area contributed by atoms with Crippen LogP contribution in [-0.2, 0) is 10.0 Å². The molecule has 0 atom stereocenters. The Labute approximate surface area is 125 Å². The monoisotopic (exact) mass is 356 g/mol. The second-order valence-electron chi connectivity index (χ2n) is 3.96. The van der Waals surface area contributed by atoms with Gasteiger partial charge in [-0.2, -0.15) is 0 Å². The molecule has 2 rings (SSSR count). The molecule has 0 heterocycles. The van der Waals surface area contributed by atoms with Crippen LogP contribution in [0.1, 0.15) is 0 Å². The van der Waals surface area contributed by atoms with Gasteiger partial charge in [-0.25, -0.2) is 13.1 Å². The van der Waals surface area contributed by atoms with Crippen molar-refractivity contribution in [3.05, 3.63) is 46.9 Å². The van der Waals surface area contributed by atoms with Gasteiger partial charge in [0.2, 0.25) is 10.0 Å². The number of rotatable bonds is 4. The Hall–Kier alpha value is -1.57. The Morgan fingerprint density at radius 3 is 2.25 bits per heavy atom. The van der Waals surface area contributed by atoms with Crippen LogP contribution in [0, 0.1) is 0 Å². The van der Waals surface area contributed by atoms with Crippen molar-refractivity contribution >= 4 is 31.6 Å². The van der Waals surface area contributed by atoms with Gasteiger partial charge in [-0.1, -0.05) is 15.9 Å². The molecule has 106 valence electrons. The normalized spacial score (nSPS) is 11.3. The summed E-state index contributed by atoms with van der Waals surface area (Å²) in [6.07, 6.45) is 0. The number of ether oxygens (including phenoxy) is 1. The first-order chi connectivity index (χ1) is 9.42. The number of nitrogens with two attached hydrogens (primary N) is 1. The lowest BCUT2D eigenvalue weighted by molar-refractivity contribution is 0.482. The Morgan fingerprint density at radius 2 is 1.70 bits per heavy atom. The maximum absolute atomic E-state index is 11.7. The minimum atomic E-state index is -3.56. The third-order valence-electron chi connectivity index (χ3n) is 2.59. The zero-order valence-electron chi connectivity index (χ0n) is 10.6. The van der Waals surface area contributed by atoms with Crippen molar-refractivity contribution in [2.75, 3.05) is 12.8 Å². The molecule has 5 nitrogen and oxygen atoms in total. The molecule has 0 fully saturated rings. The summed E-state index contributed by atoms with van der Waals surface area (Å²) < 4.78 is 32.1. The molecular formula is C13H13BrN2O3S. The molecule has 0 aliphatic heterocycles. The van der Waals surface area contributed by atoms with Gasteiger partial charge in [-0.05, 0) is 43.4 Å². The van der Waals surface area contributed by atoms with E-state index in [1.54, 1.807) is 18.2 Å². The number of benzene rings is 2. The SMILES string of the molecule is CNS(=O)(=O)c1ccc(Oc2ccc(Br)cc2)cc1N. The second kappa shape index (κ2) is 5.82. The van der Waals surface area contributed by atoms with Crippen molar-refractivity contribution < 1.29 is 13.2 Å². The Bertz CT molecular complexity index is 715. The summed E-state index contributed by atoms with van der Waals surface area (Å²) in [5, 5.41) is 0. The van der Waals surface area contributed by atoms with Gasteiger partial charge in [-0.3, -0.25) is 0 Å². The highest BCUT2D eigenvalue weighted by atomic mass is 79.9. The molecule has 0 amide bonds. The third-order valence-corrected chi connectivity index (χ3v) is 4.61. The van der Waals surface area contributed by atoms with E-state index in [0.717, 1.165) is 4.47 Å². The number of anilines is 1. The van der Waals surface area contributed by atoms with Gasteiger partial charge in [0.05, 0.1) is 5.69 Å². The fourth-order valence-electron chi connectivity index (χ4n) is 1.58. The van der Waals surface area contributed by atoms with Crippen LogP contribution in [-0.4, -0.2) is 15.5 Å². The standard InChI is InChI=1S/C13H13BrN2O3S/c1-16-20(17,18)13-7-6-11(8-12(13)15)19-10-4-2-9(14)3-5-10/h2-8,16H,15H2,1H3.